The Hall–Kier alpha value is -9.36. The van der Waals surface area contributed by atoms with Gasteiger partial charge in [0.1, 0.15) is 11.4 Å². The number of nitrogens with zero attached hydrogens (tertiary/aromatic N) is 8. The Labute approximate surface area is 607 Å². The molecule has 18 heteroatoms. The number of allylic oxidation sites excluding steroid dienone is 2. The summed E-state index contributed by atoms with van der Waals surface area (Å²) in [5, 5.41) is 27.0. The van der Waals surface area contributed by atoms with Crippen molar-refractivity contribution < 1.29 is 110 Å². The van der Waals surface area contributed by atoms with Gasteiger partial charge in [-0.05, 0) is 110 Å². The molecule has 0 amide bonds. The van der Waals surface area contributed by atoms with Gasteiger partial charge in [0.25, 0.3) is 0 Å². The van der Waals surface area contributed by atoms with E-state index in [0.717, 1.165) is 79.6 Å². The number of ketones is 1. The van der Waals surface area contributed by atoms with Gasteiger partial charge in [0.2, 0.25) is 0 Å². The Morgan fingerprint density at radius 2 is 1.15 bits per heavy atom. The van der Waals surface area contributed by atoms with E-state index in [9.17, 15) is 23.6 Å². The van der Waals surface area contributed by atoms with E-state index in [-0.39, 0.29) is 104 Å². The standard InChI is InChI=1S/C27H18N4.C17H14N.C11H6F2N.C11H8N.C6H5NO2.C5H8O2.3Ir.Pt/c1-27(2,25-14-6-12-23(30-25)20-9-4-8-19(16-20)18-28)26-15-7-13-24(31-26)21-10-5-11-22(17-21)29-3;1-12-9-13(2)11-15(10-12)17-8-7-14-5-3-4-6-16(14)18-17;12-8-4-5-9(10(13)7-8)11-3-1-2-6-14-11;1-2-6-10(7-3-1)11-8-4-5-9-12-11;8-6(9)5-3-1-2-4-7-5;1-4(6)3-5(2)7;;;;/h4-8,11-17H,1-2H3;3-10H,1-2H3;1-4,6-7H;1-6,8-9H;1-4H,(H,8,9);3,6H,1-2H3;;;;/q-2;3*-1;;;;;;+2. The Balaban J connectivity index is 0.000000317. The zero-order chi connectivity index (χ0) is 65.1. The van der Waals surface area contributed by atoms with Crippen LogP contribution in [0.1, 0.15) is 66.3 Å². The molecule has 0 atom stereocenters. The van der Waals surface area contributed by atoms with Crippen LogP contribution in [-0.4, -0.2) is 51.9 Å². The third-order valence-electron chi connectivity index (χ3n) is 12.9. The molecule has 0 saturated carbocycles. The van der Waals surface area contributed by atoms with Gasteiger partial charge >= 0.3 is 27.0 Å². The number of carbonyl (C=O) groups is 2. The molecule has 0 spiro atoms. The normalized spacial score (nSPS) is 9.98. The second-order valence-corrected chi connectivity index (χ2v) is 20.4. The third kappa shape index (κ3) is 25.1. The van der Waals surface area contributed by atoms with Crippen molar-refractivity contribution in [2.24, 2.45) is 0 Å². The monoisotopic (exact) mass is 1970 g/mol. The number of hydrogen-bond donors (Lipinski definition) is 2. The number of aliphatic hydroxyl groups excluding tert-OH is 1. The second-order valence-electron chi connectivity index (χ2n) is 20.4. The van der Waals surface area contributed by atoms with Crippen molar-refractivity contribution in [3.63, 3.8) is 0 Å². The van der Waals surface area contributed by atoms with Crippen LogP contribution in [-0.2, 0) is 91.6 Å². The number of carbonyl (C=O) groups excluding carboxylic acids is 1. The molecule has 6 aromatic carbocycles. The van der Waals surface area contributed by atoms with E-state index >= 15 is 0 Å². The first-order chi connectivity index (χ1) is 43.9. The summed E-state index contributed by atoms with van der Waals surface area (Å²) in [6.07, 6.45) is 5.95. The van der Waals surface area contributed by atoms with Crippen LogP contribution in [0.2, 0.25) is 0 Å². The number of aliphatic hydroxyl groups is 1. The van der Waals surface area contributed by atoms with Crippen LogP contribution in [0, 0.1) is 73.7 Å². The van der Waals surface area contributed by atoms with Crippen LogP contribution in [0.3, 0.4) is 0 Å². The molecule has 6 aromatic heterocycles. The molecule has 12 nitrogen and oxygen atoms in total. The molecule has 0 aliphatic carbocycles. The number of nitriles is 1. The molecular weight excluding hydrogens is 1910 g/mol. The topological polar surface area (TPSA) is 180 Å². The van der Waals surface area contributed by atoms with E-state index in [0.29, 0.717) is 16.9 Å². The average Bonchev–Trinajstić information content (AvgIpc) is 0.797. The average molecular weight is 1970 g/mol. The molecule has 12 aromatic rings. The van der Waals surface area contributed by atoms with Gasteiger partial charge in [-0.25, -0.2) is 9.78 Å². The molecule has 0 saturated heterocycles. The Bertz CT molecular complexity index is 4360. The Kier molecular flexibility index (Phi) is 34.2. The first kappa shape index (κ1) is 79.9. The Morgan fingerprint density at radius 3 is 1.67 bits per heavy atom. The molecule has 2 N–H and O–H groups in total. The summed E-state index contributed by atoms with van der Waals surface area (Å²) < 4.78 is 25.8. The predicted molar refractivity (Wildman–Crippen MR) is 351 cm³/mol. The number of aromatic nitrogens is 6. The van der Waals surface area contributed by atoms with Crippen LogP contribution in [0.5, 0.6) is 0 Å². The summed E-state index contributed by atoms with van der Waals surface area (Å²) in [4.78, 5) is 49.8. The number of rotatable bonds is 9. The van der Waals surface area contributed by atoms with Crippen LogP contribution < -0.4 is 0 Å². The van der Waals surface area contributed by atoms with Crippen LogP contribution in [0.25, 0.3) is 72.0 Å². The third-order valence-corrected chi connectivity index (χ3v) is 12.9. The van der Waals surface area contributed by atoms with E-state index in [1.807, 2.05) is 97.1 Å². The fraction of sp³-hybridized carbons (Fsp3) is 0.0909. The van der Waals surface area contributed by atoms with Crippen molar-refractivity contribution in [3.8, 4) is 62.4 Å². The van der Waals surface area contributed by atoms with Gasteiger partial charge in [0.15, 0.2) is 5.78 Å². The second kappa shape index (κ2) is 40.7. The number of carboxylic acid groups (broad SMARTS) is 1. The first-order valence-corrected chi connectivity index (χ1v) is 28.2. The van der Waals surface area contributed by atoms with Gasteiger partial charge in [-0.3, -0.25) is 23.4 Å². The predicted octanol–water partition coefficient (Wildman–Crippen LogP) is 17.7. The maximum Gasteiger partial charge on any atom is 2.00 e. The minimum atomic E-state index is -0.990. The van der Waals surface area contributed by atoms with Crippen molar-refractivity contribution in [1.82, 2.24) is 29.9 Å². The summed E-state index contributed by atoms with van der Waals surface area (Å²) >= 11 is 0. The quantitative estimate of drug-likeness (QED) is 0.0797. The fourth-order valence-electron chi connectivity index (χ4n) is 8.61. The molecular formula is C77H59F2Ir3N8O4Pt-3. The van der Waals surface area contributed by atoms with E-state index in [1.54, 1.807) is 79.1 Å². The zero-order valence-corrected chi connectivity index (χ0v) is 61.3. The summed E-state index contributed by atoms with van der Waals surface area (Å²) in [7, 11) is 0. The molecule has 12 rings (SSSR count). The molecule has 0 aliphatic heterocycles. The maximum absolute atomic E-state index is 13.2. The number of para-hydroxylation sites is 1. The SMILES string of the molecule is CC(=O)C=C(C)O.Cc1[c-]c(-c2ccc3ccccc3n2)cc(C)c1.Fc1c[c-]c(-c2ccccn2)c(F)c1.O=C(O)c1ccccn1.[C-]#[N+]c1cc[c-]c(-c2cccc(C(C)(C)c3cccc(-c4[c-]ccc(C#N)c4)n3)n2)c1.[Ir].[Ir].[Ir].[Pt+2].[c-]1ccccc1-c1ccccn1. The summed E-state index contributed by atoms with van der Waals surface area (Å²) in [6.45, 7) is 18.4. The molecule has 95 heavy (non-hydrogen) atoms. The van der Waals surface area contributed by atoms with Crippen molar-refractivity contribution in [2.45, 2.75) is 47.0 Å². The van der Waals surface area contributed by atoms with Crippen molar-refractivity contribution in [1.29, 1.82) is 5.26 Å². The minimum absolute atomic E-state index is 0. The smallest absolute Gasteiger partial charge is 0.512 e. The number of carboxylic acids is 1. The molecule has 0 bridgehead atoms. The van der Waals surface area contributed by atoms with Crippen LogP contribution in [0.15, 0.2) is 243 Å². The van der Waals surface area contributed by atoms with Gasteiger partial charge in [0, 0.05) is 113 Å². The van der Waals surface area contributed by atoms with Gasteiger partial charge < -0.3 is 30.1 Å². The Morgan fingerprint density at radius 1 is 0.579 bits per heavy atom. The maximum atomic E-state index is 13.2. The molecule has 0 unspecified atom stereocenters. The molecule has 3 radical (unpaired) electrons. The number of fused-ring (bicyclic) bond motifs is 1. The van der Waals surface area contributed by atoms with E-state index in [2.05, 4.69) is 114 Å². The van der Waals surface area contributed by atoms with Crippen molar-refractivity contribution in [3.05, 3.63) is 330 Å². The zero-order valence-electron chi connectivity index (χ0n) is 51.9. The molecule has 485 valence electrons. The van der Waals surface area contributed by atoms with E-state index in [1.165, 1.54) is 43.1 Å². The molecule has 0 aliphatic rings. The number of benzene rings is 6. The van der Waals surface area contributed by atoms with Gasteiger partial charge in [-0.15, -0.1) is 137 Å². The van der Waals surface area contributed by atoms with Crippen molar-refractivity contribution >= 4 is 28.3 Å². The van der Waals surface area contributed by atoms with Gasteiger partial charge in [0.05, 0.1) is 23.9 Å². The minimum Gasteiger partial charge on any atom is -0.512 e. The largest absolute Gasteiger partial charge is 2.00 e. The molecule has 0 fully saturated rings. The van der Waals surface area contributed by atoms with Crippen LogP contribution in [0.4, 0.5) is 14.5 Å². The van der Waals surface area contributed by atoms with Gasteiger partial charge in [-0.2, -0.15) is 11.3 Å². The van der Waals surface area contributed by atoms with Gasteiger partial charge in [-0.1, -0.05) is 110 Å². The number of pyridine rings is 6. The molecule has 6 heterocycles. The summed E-state index contributed by atoms with van der Waals surface area (Å²) in [5.74, 6) is -2.34. The number of halogens is 2. The number of aromatic carboxylic acids is 1. The summed E-state index contributed by atoms with van der Waals surface area (Å²) in [6, 6.07) is 81.8. The summed E-state index contributed by atoms with van der Waals surface area (Å²) in [5.41, 5.74) is 13.7. The van der Waals surface area contributed by atoms with Crippen LogP contribution >= 0.6 is 0 Å². The fourth-order valence-corrected chi connectivity index (χ4v) is 8.61. The van der Waals surface area contributed by atoms with Crippen molar-refractivity contribution in [2.75, 3.05) is 0 Å². The number of hydrogen-bond acceptors (Lipinski definition) is 10. The van der Waals surface area contributed by atoms with E-state index < -0.39 is 23.0 Å². The number of aryl methyl sites for hydroxylation is 2. The first-order valence-electron chi connectivity index (χ1n) is 28.2. The van der Waals surface area contributed by atoms with E-state index in [4.69, 9.17) is 31.7 Å².